The van der Waals surface area contributed by atoms with Gasteiger partial charge in [-0.05, 0) is 62.3 Å². The molecular formula is C32H36ClF6N7O2. The van der Waals surface area contributed by atoms with Gasteiger partial charge in [0.15, 0.2) is 5.65 Å². The molecule has 3 heterocycles. The largest absolute Gasteiger partial charge is 0.403 e. The number of piperidine rings is 1. The molecule has 3 aromatic rings. The molecule has 16 heteroatoms. The van der Waals surface area contributed by atoms with Gasteiger partial charge in [-0.2, -0.15) is 26.3 Å². The third kappa shape index (κ3) is 6.88. The number of rotatable bonds is 8. The van der Waals surface area contributed by atoms with Crippen molar-refractivity contribution in [1.29, 1.82) is 0 Å². The number of halogens is 7. The number of hydrogen-bond acceptors (Lipinski definition) is 6. The Labute approximate surface area is 277 Å². The average molecular weight is 700 g/mol. The van der Waals surface area contributed by atoms with E-state index in [0.717, 1.165) is 32.1 Å². The molecule has 2 amide bonds. The van der Waals surface area contributed by atoms with Gasteiger partial charge < -0.3 is 20.9 Å². The standard InChI is InChI=1S/C32H36ClF6N7O2/c1-45-26-24(43-29(45)42-23-15-18(7-8-22(23)33)17-40-28(48)30(11-12-30)32(37,38)39)16-21(27(47)41-20-5-3-2-4-6-20)25(44-26)46-13-9-19(10-14-46)31(34,35)36/h7-8,15-16,19-20H,2-6,9-14,17H2,1H3,(H,40,48)(H,41,47)(H,42,43). The second-order valence-electron chi connectivity index (χ2n) is 13.0. The molecule has 0 bridgehead atoms. The van der Waals surface area contributed by atoms with Crippen molar-refractivity contribution in [3.8, 4) is 0 Å². The minimum absolute atomic E-state index is 0.00537. The van der Waals surface area contributed by atoms with Crippen LogP contribution in [0.1, 0.15) is 73.7 Å². The van der Waals surface area contributed by atoms with Crippen molar-refractivity contribution >= 4 is 52.0 Å². The van der Waals surface area contributed by atoms with Crippen LogP contribution in [0.15, 0.2) is 24.3 Å². The fraction of sp³-hybridized carbons (Fsp3) is 0.562. The minimum atomic E-state index is -4.62. The Hall–Kier alpha value is -3.75. The zero-order valence-corrected chi connectivity index (χ0v) is 27.0. The highest BCUT2D eigenvalue weighted by Crippen LogP contribution is 2.57. The molecule has 1 aromatic carbocycles. The summed E-state index contributed by atoms with van der Waals surface area (Å²) in [6.45, 7) is 0.0111. The molecule has 3 aliphatic rings. The summed E-state index contributed by atoms with van der Waals surface area (Å²) in [6.07, 6.45) is -4.83. The van der Waals surface area contributed by atoms with Crippen LogP contribution in [0, 0.1) is 11.3 Å². The monoisotopic (exact) mass is 699 g/mol. The molecule has 0 spiro atoms. The first-order valence-corrected chi connectivity index (χ1v) is 16.4. The van der Waals surface area contributed by atoms with Crippen LogP contribution >= 0.6 is 11.6 Å². The van der Waals surface area contributed by atoms with Crippen LogP contribution in [0.5, 0.6) is 0 Å². The first kappa shape index (κ1) is 34.1. The Morgan fingerprint density at radius 3 is 2.29 bits per heavy atom. The number of carbonyl (C=O) groups is 2. The number of carbonyl (C=O) groups excluding carboxylic acids is 2. The molecule has 1 aliphatic heterocycles. The van der Waals surface area contributed by atoms with Crippen LogP contribution in [-0.4, -0.2) is 57.8 Å². The van der Waals surface area contributed by atoms with E-state index in [0.29, 0.717) is 22.4 Å². The van der Waals surface area contributed by atoms with E-state index in [1.54, 1.807) is 40.8 Å². The predicted octanol–water partition coefficient (Wildman–Crippen LogP) is 7.17. The Bertz CT molecular complexity index is 1690. The maximum atomic E-state index is 13.6. The van der Waals surface area contributed by atoms with Gasteiger partial charge in [-0.3, -0.25) is 14.2 Å². The number of anilines is 3. The van der Waals surface area contributed by atoms with Crippen LogP contribution in [0.25, 0.3) is 11.2 Å². The van der Waals surface area contributed by atoms with Gasteiger partial charge >= 0.3 is 12.4 Å². The van der Waals surface area contributed by atoms with E-state index >= 15 is 0 Å². The van der Waals surface area contributed by atoms with Crippen molar-refractivity contribution in [1.82, 2.24) is 25.2 Å². The zero-order chi connectivity index (χ0) is 34.4. The maximum Gasteiger partial charge on any atom is 0.403 e. The Kier molecular flexibility index (Phi) is 9.20. The van der Waals surface area contributed by atoms with E-state index in [4.69, 9.17) is 16.6 Å². The van der Waals surface area contributed by atoms with E-state index in [9.17, 15) is 35.9 Å². The number of hydrogen-bond donors (Lipinski definition) is 3. The smallest absolute Gasteiger partial charge is 0.356 e. The zero-order valence-electron chi connectivity index (χ0n) is 26.2. The van der Waals surface area contributed by atoms with Crippen LogP contribution in [0.4, 0.5) is 43.8 Å². The fourth-order valence-electron chi connectivity index (χ4n) is 6.57. The molecule has 48 heavy (non-hydrogen) atoms. The number of aromatic nitrogens is 3. The summed E-state index contributed by atoms with van der Waals surface area (Å²) in [4.78, 5) is 37.1. The first-order valence-electron chi connectivity index (χ1n) is 16.1. The van der Waals surface area contributed by atoms with E-state index in [1.807, 2.05) is 0 Å². The Balaban J connectivity index is 1.26. The lowest BCUT2D eigenvalue weighted by Crippen LogP contribution is -2.41. The summed E-state index contributed by atoms with van der Waals surface area (Å²) in [6, 6.07) is 6.30. The second-order valence-corrected chi connectivity index (χ2v) is 13.4. The number of benzene rings is 1. The second kappa shape index (κ2) is 12.9. The van der Waals surface area contributed by atoms with Gasteiger partial charge in [-0.15, -0.1) is 0 Å². The van der Waals surface area contributed by atoms with Crippen LogP contribution < -0.4 is 20.9 Å². The number of pyridine rings is 1. The molecule has 260 valence electrons. The maximum absolute atomic E-state index is 13.6. The SMILES string of the molecule is Cn1c(Nc2cc(CNC(=O)C3(C(F)(F)F)CC3)ccc2Cl)nc2cc(C(=O)NC3CCCCC3)c(N3CCC(C(F)(F)F)CC3)nc21. The number of nitrogens with one attached hydrogen (secondary N) is 3. The van der Waals surface area contributed by atoms with Crippen LogP contribution in [0.2, 0.25) is 5.02 Å². The van der Waals surface area contributed by atoms with Gasteiger partial charge in [0.25, 0.3) is 5.91 Å². The predicted molar refractivity (Wildman–Crippen MR) is 168 cm³/mol. The van der Waals surface area contributed by atoms with Crippen LogP contribution in [0.3, 0.4) is 0 Å². The van der Waals surface area contributed by atoms with Crippen molar-refractivity contribution in [2.75, 3.05) is 23.3 Å². The summed E-state index contributed by atoms with van der Waals surface area (Å²) < 4.78 is 81.9. The summed E-state index contributed by atoms with van der Waals surface area (Å²) in [7, 11) is 1.68. The fourth-order valence-corrected chi connectivity index (χ4v) is 6.73. The molecule has 1 saturated heterocycles. The molecular weight excluding hydrogens is 664 g/mol. The number of fused-ring (bicyclic) bond motifs is 1. The van der Waals surface area contributed by atoms with Gasteiger partial charge in [0, 0.05) is 32.7 Å². The highest BCUT2D eigenvalue weighted by atomic mass is 35.5. The number of amides is 2. The Morgan fingerprint density at radius 1 is 0.979 bits per heavy atom. The lowest BCUT2D eigenvalue weighted by atomic mass is 9.95. The van der Waals surface area contributed by atoms with Crippen LogP contribution in [-0.2, 0) is 18.4 Å². The van der Waals surface area contributed by atoms with Crippen molar-refractivity contribution in [3.63, 3.8) is 0 Å². The number of aryl methyl sites for hydroxylation is 1. The summed E-state index contributed by atoms with van der Waals surface area (Å²) in [5, 5.41) is 8.85. The third-order valence-electron chi connectivity index (χ3n) is 9.72. The molecule has 3 fully saturated rings. The molecule has 0 radical (unpaired) electrons. The lowest BCUT2D eigenvalue weighted by molar-refractivity contribution is -0.192. The minimum Gasteiger partial charge on any atom is -0.356 e. The molecule has 3 N–H and O–H groups in total. The molecule has 9 nitrogen and oxygen atoms in total. The highest BCUT2D eigenvalue weighted by Gasteiger charge is 2.68. The van der Waals surface area contributed by atoms with Gasteiger partial charge in [-0.1, -0.05) is 36.9 Å². The Morgan fingerprint density at radius 2 is 1.67 bits per heavy atom. The molecule has 2 aliphatic carbocycles. The van der Waals surface area contributed by atoms with Crippen molar-refractivity contribution in [2.45, 2.75) is 82.7 Å². The topological polar surface area (TPSA) is 104 Å². The van der Waals surface area contributed by atoms with Crippen molar-refractivity contribution in [3.05, 3.63) is 40.4 Å². The van der Waals surface area contributed by atoms with E-state index in [-0.39, 0.29) is 79.6 Å². The third-order valence-corrected chi connectivity index (χ3v) is 10.1. The number of nitrogens with zero attached hydrogens (tertiary/aromatic N) is 4. The quantitative estimate of drug-likeness (QED) is 0.216. The van der Waals surface area contributed by atoms with Crippen molar-refractivity contribution in [2.24, 2.45) is 18.4 Å². The summed E-state index contributed by atoms with van der Waals surface area (Å²) in [5.74, 6) is -2.28. The molecule has 6 rings (SSSR count). The molecule has 2 aromatic heterocycles. The lowest BCUT2D eigenvalue weighted by Gasteiger charge is -2.34. The molecule has 2 saturated carbocycles. The average Bonchev–Trinajstić information content (AvgIpc) is 3.82. The first-order chi connectivity index (χ1) is 22.7. The highest BCUT2D eigenvalue weighted by molar-refractivity contribution is 6.33. The van der Waals surface area contributed by atoms with Gasteiger partial charge in [-0.25, -0.2) is 9.97 Å². The van der Waals surface area contributed by atoms with Gasteiger partial charge in [0.2, 0.25) is 11.9 Å². The normalized spacial score (nSPS) is 19.0. The summed E-state index contributed by atoms with van der Waals surface area (Å²) in [5.41, 5.74) is -0.504. The molecule has 0 unspecified atom stereocenters. The van der Waals surface area contributed by atoms with Gasteiger partial charge in [0.1, 0.15) is 16.7 Å². The van der Waals surface area contributed by atoms with Crippen molar-refractivity contribution < 1.29 is 35.9 Å². The van der Waals surface area contributed by atoms with Gasteiger partial charge in [0.05, 0.1) is 22.2 Å². The van der Waals surface area contributed by atoms with E-state index in [1.165, 1.54) is 0 Å². The molecule has 0 atom stereocenters. The van der Waals surface area contributed by atoms with E-state index < -0.39 is 29.6 Å². The number of alkyl halides is 6. The van der Waals surface area contributed by atoms with E-state index in [2.05, 4.69) is 20.9 Å². The summed E-state index contributed by atoms with van der Waals surface area (Å²) >= 11 is 6.44. The number of imidazole rings is 1.